The zero-order chi connectivity index (χ0) is 19.6. The Bertz CT molecular complexity index is 911. The van der Waals surface area contributed by atoms with E-state index in [0.717, 1.165) is 0 Å². The van der Waals surface area contributed by atoms with Gasteiger partial charge >= 0.3 is 0 Å². The standard InChI is InChI=1S/C22H19N3O3/c1-3-6-17(14-23-2)26-20-11-21(27-18-7-4-9-24-15-18)13-22(12-20)28-19-8-5-10-25-16-19/h3-16H,2H2,1H3/b6-3-,17-14+. The first-order chi connectivity index (χ1) is 13.8. The van der Waals surface area contributed by atoms with Gasteiger partial charge in [-0.1, -0.05) is 6.08 Å². The van der Waals surface area contributed by atoms with Crippen molar-refractivity contribution in [2.75, 3.05) is 0 Å². The van der Waals surface area contributed by atoms with Crippen LogP contribution < -0.4 is 14.2 Å². The van der Waals surface area contributed by atoms with Gasteiger partial charge in [-0.2, -0.15) is 0 Å². The minimum absolute atomic E-state index is 0.522. The SMILES string of the molecule is C=N/C=C(\C=C/C)Oc1cc(Oc2cccnc2)cc(Oc2cccnc2)c1. The summed E-state index contributed by atoms with van der Waals surface area (Å²) in [6, 6.07) is 12.5. The topological polar surface area (TPSA) is 65.8 Å². The third-order valence-electron chi connectivity index (χ3n) is 3.38. The van der Waals surface area contributed by atoms with Crippen LogP contribution in [-0.4, -0.2) is 16.7 Å². The molecule has 140 valence electrons. The van der Waals surface area contributed by atoms with Crippen molar-refractivity contribution in [2.45, 2.75) is 6.92 Å². The van der Waals surface area contributed by atoms with E-state index in [9.17, 15) is 0 Å². The first-order valence-corrected chi connectivity index (χ1v) is 8.54. The molecule has 2 heterocycles. The third-order valence-corrected chi connectivity index (χ3v) is 3.38. The van der Waals surface area contributed by atoms with Crippen molar-refractivity contribution >= 4 is 6.72 Å². The normalized spacial score (nSPS) is 11.2. The number of aromatic nitrogens is 2. The van der Waals surface area contributed by atoms with Crippen molar-refractivity contribution in [1.82, 2.24) is 9.97 Å². The highest BCUT2D eigenvalue weighted by atomic mass is 16.5. The molecule has 0 fully saturated rings. The van der Waals surface area contributed by atoms with Crippen LogP contribution in [0.15, 0.2) is 96.4 Å². The van der Waals surface area contributed by atoms with E-state index in [-0.39, 0.29) is 0 Å². The van der Waals surface area contributed by atoms with Crippen molar-refractivity contribution in [3.05, 3.63) is 91.4 Å². The van der Waals surface area contributed by atoms with Crippen LogP contribution >= 0.6 is 0 Å². The minimum atomic E-state index is 0.522. The molecule has 6 nitrogen and oxygen atoms in total. The summed E-state index contributed by atoms with van der Waals surface area (Å²) in [5.74, 6) is 3.33. The molecule has 0 aliphatic heterocycles. The predicted octanol–water partition coefficient (Wildman–Crippen LogP) is 5.56. The summed E-state index contributed by atoms with van der Waals surface area (Å²) in [6.45, 7) is 5.36. The van der Waals surface area contributed by atoms with E-state index in [1.807, 2.05) is 25.1 Å². The van der Waals surface area contributed by atoms with E-state index < -0.39 is 0 Å². The number of nitrogens with zero attached hydrogens (tertiary/aromatic N) is 3. The molecule has 0 saturated carbocycles. The molecule has 3 aromatic rings. The highest BCUT2D eigenvalue weighted by Crippen LogP contribution is 2.34. The van der Waals surface area contributed by atoms with E-state index >= 15 is 0 Å². The van der Waals surface area contributed by atoms with E-state index in [1.54, 1.807) is 61.2 Å². The number of benzene rings is 1. The summed E-state index contributed by atoms with van der Waals surface area (Å²) in [4.78, 5) is 11.9. The Hall–Kier alpha value is -3.93. The number of ether oxygens (including phenoxy) is 3. The maximum atomic E-state index is 5.90. The summed E-state index contributed by atoms with van der Waals surface area (Å²) in [5.41, 5.74) is 0. The van der Waals surface area contributed by atoms with Gasteiger partial charge in [0.05, 0.1) is 18.6 Å². The van der Waals surface area contributed by atoms with E-state index in [2.05, 4.69) is 21.7 Å². The molecule has 28 heavy (non-hydrogen) atoms. The van der Waals surface area contributed by atoms with Crippen LogP contribution in [0.1, 0.15) is 6.92 Å². The highest BCUT2D eigenvalue weighted by Gasteiger charge is 2.08. The van der Waals surface area contributed by atoms with Crippen LogP contribution in [0, 0.1) is 0 Å². The molecule has 0 aliphatic rings. The molecule has 0 saturated heterocycles. The predicted molar refractivity (Wildman–Crippen MR) is 108 cm³/mol. The van der Waals surface area contributed by atoms with Gasteiger partial charge in [-0.25, -0.2) is 0 Å². The lowest BCUT2D eigenvalue weighted by atomic mass is 10.3. The average molecular weight is 373 g/mol. The van der Waals surface area contributed by atoms with Gasteiger partial charge in [0.1, 0.15) is 34.5 Å². The third kappa shape index (κ3) is 5.54. The Labute approximate surface area is 163 Å². The lowest BCUT2D eigenvalue weighted by Gasteiger charge is -2.13. The molecular formula is C22H19N3O3. The van der Waals surface area contributed by atoms with Crippen molar-refractivity contribution in [2.24, 2.45) is 4.99 Å². The fraction of sp³-hybridized carbons (Fsp3) is 0.0455. The van der Waals surface area contributed by atoms with Gasteiger partial charge in [-0.3, -0.25) is 15.0 Å². The number of hydrogen-bond donors (Lipinski definition) is 0. The van der Waals surface area contributed by atoms with Crippen LogP contribution in [-0.2, 0) is 0 Å². The average Bonchev–Trinajstić information content (AvgIpc) is 2.70. The van der Waals surface area contributed by atoms with Gasteiger partial charge in [-0.15, -0.1) is 0 Å². The first kappa shape index (κ1) is 18.8. The van der Waals surface area contributed by atoms with E-state index in [0.29, 0.717) is 34.5 Å². The summed E-state index contributed by atoms with van der Waals surface area (Å²) in [6.07, 6.45) is 11.8. The molecule has 3 rings (SSSR count). The van der Waals surface area contributed by atoms with Crippen molar-refractivity contribution in [3.8, 4) is 28.7 Å². The van der Waals surface area contributed by atoms with Crippen LogP contribution in [0.3, 0.4) is 0 Å². The van der Waals surface area contributed by atoms with Crippen LogP contribution in [0.2, 0.25) is 0 Å². The minimum Gasteiger partial charge on any atom is -0.455 e. The quantitative estimate of drug-likeness (QED) is 0.294. The second-order valence-electron chi connectivity index (χ2n) is 5.54. The van der Waals surface area contributed by atoms with Gasteiger partial charge in [0, 0.05) is 30.6 Å². The van der Waals surface area contributed by atoms with Gasteiger partial charge in [-0.05, 0) is 44.0 Å². The molecule has 0 atom stereocenters. The summed E-state index contributed by atoms with van der Waals surface area (Å²) in [5, 5.41) is 0. The largest absolute Gasteiger partial charge is 0.455 e. The molecule has 6 heteroatoms. The number of aliphatic imine (C=N–C) groups is 1. The summed E-state index contributed by atoms with van der Waals surface area (Å²) < 4.78 is 17.7. The van der Waals surface area contributed by atoms with Crippen molar-refractivity contribution in [1.29, 1.82) is 0 Å². The molecule has 0 radical (unpaired) electrons. The van der Waals surface area contributed by atoms with Crippen molar-refractivity contribution in [3.63, 3.8) is 0 Å². The van der Waals surface area contributed by atoms with Gasteiger partial charge < -0.3 is 14.2 Å². The molecule has 0 N–H and O–H groups in total. The maximum Gasteiger partial charge on any atom is 0.145 e. The Morgan fingerprint density at radius 1 is 0.893 bits per heavy atom. The first-order valence-electron chi connectivity index (χ1n) is 8.54. The molecule has 0 amide bonds. The monoisotopic (exact) mass is 373 g/mol. The van der Waals surface area contributed by atoms with Crippen molar-refractivity contribution < 1.29 is 14.2 Å². The Morgan fingerprint density at radius 2 is 1.46 bits per heavy atom. The van der Waals surface area contributed by atoms with Crippen LogP contribution in [0.4, 0.5) is 0 Å². The maximum absolute atomic E-state index is 5.90. The fourth-order valence-electron chi connectivity index (χ4n) is 2.30. The lowest BCUT2D eigenvalue weighted by Crippen LogP contribution is -1.95. The Balaban J connectivity index is 1.93. The second-order valence-corrected chi connectivity index (χ2v) is 5.54. The van der Waals surface area contributed by atoms with Crippen LogP contribution in [0.5, 0.6) is 28.7 Å². The molecule has 0 spiro atoms. The number of hydrogen-bond acceptors (Lipinski definition) is 6. The fourth-order valence-corrected chi connectivity index (χ4v) is 2.30. The molecular weight excluding hydrogens is 354 g/mol. The smallest absolute Gasteiger partial charge is 0.145 e. The van der Waals surface area contributed by atoms with E-state index in [1.165, 1.54) is 6.20 Å². The zero-order valence-corrected chi connectivity index (χ0v) is 15.4. The Morgan fingerprint density at radius 3 is 1.93 bits per heavy atom. The summed E-state index contributed by atoms with van der Waals surface area (Å²) >= 11 is 0. The number of allylic oxidation sites excluding steroid dienone is 2. The molecule has 1 aromatic carbocycles. The number of pyridine rings is 2. The highest BCUT2D eigenvalue weighted by molar-refractivity contribution is 5.46. The van der Waals surface area contributed by atoms with E-state index in [4.69, 9.17) is 14.2 Å². The molecule has 0 bridgehead atoms. The number of rotatable bonds is 8. The van der Waals surface area contributed by atoms with Gasteiger partial charge in [0.25, 0.3) is 0 Å². The molecule has 0 aliphatic carbocycles. The lowest BCUT2D eigenvalue weighted by molar-refractivity contribution is 0.421. The summed E-state index contributed by atoms with van der Waals surface area (Å²) in [7, 11) is 0. The van der Waals surface area contributed by atoms with Gasteiger partial charge in [0.2, 0.25) is 0 Å². The molecule has 2 aromatic heterocycles. The second kappa shape index (κ2) is 9.68. The zero-order valence-electron chi connectivity index (χ0n) is 15.4. The van der Waals surface area contributed by atoms with Crippen LogP contribution in [0.25, 0.3) is 0 Å². The Kier molecular flexibility index (Phi) is 6.52. The van der Waals surface area contributed by atoms with Gasteiger partial charge in [0.15, 0.2) is 0 Å². The molecule has 0 unspecified atom stereocenters.